The number of nitrogens with zero attached hydrogens (tertiary/aromatic N) is 3. The molecule has 0 amide bonds. The van der Waals surface area contributed by atoms with E-state index in [1.807, 2.05) is 0 Å². The minimum Gasteiger partial charge on any atom is -0.464 e. The van der Waals surface area contributed by atoms with Crippen molar-refractivity contribution in [2.45, 2.75) is 18.9 Å². The molecular formula is C15H13FN4O4. The Morgan fingerprint density at radius 3 is 2.75 bits per heavy atom. The Morgan fingerprint density at radius 2 is 2.17 bits per heavy atom. The van der Waals surface area contributed by atoms with Crippen LogP contribution in [0.5, 0.6) is 5.75 Å². The monoisotopic (exact) mass is 332 g/mol. The number of esters is 2. The average Bonchev–Trinajstić information content (AvgIpc) is 2.93. The van der Waals surface area contributed by atoms with E-state index in [2.05, 4.69) is 15.0 Å². The number of carbonyl (C=O) groups is 2. The molecule has 1 atom stereocenters. The maximum absolute atomic E-state index is 13.3. The molecule has 2 N–H and O–H groups in total. The minimum atomic E-state index is -1.68. The van der Waals surface area contributed by atoms with E-state index in [0.29, 0.717) is 0 Å². The number of hydrogen-bond acceptors (Lipinski definition) is 8. The zero-order valence-corrected chi connectivity index (χ0v) is 12.9. The van der Waals surface area contributed by atoms with Gasteiger partial charge in [-0.25, -0.2) is 14.0 Å². The lowest BCUT2D eigenvalue weighted by atomic mass is 9.93. The van der Waals surface area contributed by atoms with Gasteiger partial charge in [0, 0.05) is 6.07 Å². The van der Waals surface area contributed by atoms with Gasteiger partial charge in [0.1, 0.15) is 17.6 Å². The van der Waals surface area contributed by atoms with E-state index in [1.165, 1.54) is 6.07 Å². The average molecular weight is 332 g/mol. The Labute approximate surface area is 136 Å². The molecule has 1 aliphatic rings. The van der Waals surface area contributed by atoms with Crippen LogP contribution in [0, 0.1) is 17.1 Å². The van der Waals surface area contributed by atoms with Gasteiger partial charge < -0.3 is 15.2 Å². The summed E-state index contributed by atoms with van der Waals surface area (Å²) >= 11 is 0. The first kappa shape index (κ1) is 17.1. The summed E-state index contributed by atoms with van der Waals surface area (Å²) in [5.74, 6) is -2.52. The first-order chi connectivity index (χ1) is 11.4. The van der Waals surface area contributed by atoms with Gasteiger partial charge in [-0.2, -0.15) is 10.4 Å². The highest BCUT2D eigenvalue weighted by Crippen LogP contribution is 2.34. The van der Waals surface area contributed by atoms with Crippen molar-refractivity contribution in [3.05, 3.63) is 41.0 Å². The number of carbonyl (C=O) groups excluding carboxylic acids is 2. The number of hydrogen-bond donors (Lipinski definition) is 1. The van der Waals surface area contributed by atoms with E-state index in [4.69, 9.17) is 15.7 Å². The number of benzene rings is 1. The largest absolute Gasteiger partial charge is 0.464 e. The molecule has 1 heterocycles. The number of methoxy groups -OCH3 is 1. The van der Waals surface area contributed by atoms with Crippen LogP contribution < -0.4 is 10.5 Å². The molecule has 0 fully saturated rings. The molecule has 1 aliphatic heterocycles. The fraction of sp³-hybridized carbons (Fsp3) is 0.267. The van der Waals surface area contributed by atoms with Gasteiger partial charge in [0.25, 0.3) is 0 Å². The molecule has 0 bridgehead atoms. The molecule has 0 aliphatic carbocycles. The summed E-state index contributed by atoms with van der Waals surface area (Å²) in [5.41, 5.74) is 3.44. The Hall–Kier alpha value is -3.28. The lowest BCUT2D eigenvalue weighted by molar-refractivity contribution is -0.139. The van der Waals surface area contributed by atoms with Crippen molar-refractivity contribution in [2.24, 2.45) is 16.0 Å². The van der Waals surface area contributed by atoms with Gasteiger partial charge in [0.05, 0.1) is 18.4 Å². The zero-order valence-electron chi connectivity index (χ0n) is 12.9. The third-order valence-corrected chi connectivity index (χ3v) is 3.52. The molecule has 0 spiro atoms. The van der Waals surface area contributed by atoms with Crippen molar-refractivity contribution in [2.75, 3.05) is 7.11 Å². The Balaban J connectivity index is 2.35. The van der Waals surface area contributed by atoms with Gasteiger partial charge in [0.15, 0.2) is 5.70 Å². The van der Waals surface area contributed by atoms with Crippen LogP contribution in [0.15, 0.2) is 39.8 Å². The van der Waals surface area contributed by atoms with Crippen LogP contribution in [0.1, 0.15) is 18.9 Å². The number of nitriles is 1. The van der Waals surface area contributed by atoms with E-state index in [0.717, 1.165) is 19.2 Å². The molecule has 0 aromatic heterocycles. The molecule has 1 unspecified atom stereocenters. The van der Waals surface area contributed by atoms with Crippen molar-refractivity contribution < 1.29 is 23.5 Å². The lowest BCUT2D eigenvalue weighted by Gasteiger charge is -2.22. The van der Waals surface area contributed by atoms with Crippen LogP contribution >= 0.6 is 0 Å². The van der Waals surface area contributed by atoms with Crippen molar-refractivity contribution in [3.8, 4) is 11.8 Å². The number of azo groups is 1. The van der Waals surface area contributed by atoms with Crippen LogP contribution in [-0.4, -0.2) is 24.6 Å². The summed E-state index contributed by atoms with van der Waals surface area (Å²) in [5, 5.41) is 16.2. The van der Waals surface area contributed by atoms with E-state index >= 15 is 0 Å². The maximum atomic E-state index is 13.3. The summed E-state index contributed by atoms with van der Waals surface area (Å²) in [4.78, 5) is 24.1. The van der Waals surface area contributed by atoms with Gasteiger partial charge in [0.2, 0.25) is 5.54 Å². The standard InChI is InChI=1S/C15H13FN4O4/c1-3-15(12(18)11(19-20-15)13(21)23-2)14(22)24-9-4-5-10(16)8(6-9)7-17/h4-6H,3,18H2,1-2H3. The van der Waals surface area contributed by atoms with Crippen LogP contribution in [0.3, 0.4) is 0 Å². The highest BCUT2D eigenvalue weighted by Gasteiger charge is 2.48. The van der Waals surface area contributed by atoms with Crippen LogP contribution in [0.25, 0.3) is 0 Å². The molecule has 2 rings (SSSR count). The normalized spacial score (nSPS) is 19.1. The minimum absolute atomic E-state index is 0.0553. The first-order valence-electron chi connectivity index (χ1n) is 6.83. The Kier molecular flexibility index (Phi) is 4.59. The number of halogens is 1. The van der Waals surface area contributed by atoms with Crippen LogP contribution in [0.4, 0.5) is 4.39 Å². The van der Waals surface area contributed by atoms with Gasteiger partial charge in [-0.05, 0) is 18.6 Å². The molecule has 24 heavy (non-hydrogen) atoms. The van der Waals surface area contributed by atoms with Crippen molar-refractivity contribution in [3.63, 3.8) is 0 Å². The predicted molar refractivity (Wildman–Crippen MR) is 77.9 cm³/mol. The summed E-state index contributed by atoms with van der Waals surface area (Å²) in [6.45, 7) is 1.61. The van der Waals surface area contributed by atoms with Crippen molar-refractivity contribution in [1.29, 1.82) is 5.26 Å². The highest BCUT2D eigenvalue weighted by atomic mass is 19.1. The predicted octanol–water partition coefficient (Wildman–Crippen LogP) is 1.56. The fourth-order valence-corrected chi connectivity index (χ4v) is 2.09. The molecule has 124 valence electrons. The lowest BCUT2D eigenvalue weighted by Crippen LogP contribution is -2.43. The molecule has 0 saturated carbocycles. The molecular weight excluding hydrogens is 319 g/mol. The quantitative estimate of drug-likeness (QED) is 0.658. The Bertz CT molecular complexity index is 812. The molecule has 8 nitrogen and oxygen atoms in total. The fourth-order valence-electron chi connectivity index (χ4n) is 2.09. The van der Waals surface area contributed by atoms with E-state index < -0.39 is 23.3 Å². The second-order valence-electron chi connectivity index (χ2n) is 4.81. The summed E-state index contributed by atoms with van der Waals surface area (Å²) in [6.07, 6.45) is 0.0773. The molecule has 1 aromatic rings. The summed E-state index contributed by atoms with van der Waals surface area (Å²) < 4.78 is 23.0. The number of nitrogens with two attached hydrogens (primary N) is 1. The van der Waals surface area contributed by atoms with Gasteiger partial charge in [-0.15, -0.1) is 5.11 Å². The number of ether oxygens (including phenoxy) is 2. The number of rotatable bonds is 4. The second kappa shape index (κ2) is 6.45. The Morgan fingerprint density at radius 1 is 1.46 bits per heavy atom. The van der Waals surface area contributed by atoms with Crippen molar-refractivity contribution in [1.82, 2.24) is 0 Å². The van der Waals surface area contributed by atoms with Gasteiger partial charge >= 0.3 is 11.9 Å². The van der Waals surface area contributed by atoms with Gasteiger partial charge in [-0.3, -0.25) is 0 Å². The first-order valence-corrected chi connectivity index (χ1v) is 6.83. The summed E-state index contributed by atoms with van der Waals surface area (Å²) in [7, 11) is 1.14. The second-order valence-corrected chi connectivity index (χ2v) is 4.81. The van der Waals surface area contributed by atoms with E-state index in [-0.39, 0.29) is 29.1 Å². The topological polar surface area (TPSA) is 127 Å². The molecule has 0 radical (unpaired) electrons. The van der Waals surface area contributed by atoms with E-state index in [1.54, 1.807) is 13.0 Å². The molecule has 0 saturated heterocycles. The summed E-state index contributed by atoms with van der Waals surface area (Å²) in [6, 6.07) is 4.89. The van der Waals surface area contributed by atoms with Crippen molar-refractivity contribution >= 4 is 11.9 Å². The van der Waals surface area contributed by atoms with E-state index in [9.17, 15) is 14.0 Å². The van der Waals surface area contributed by atoms with Crippen LogP contribution in [0.2, 0.25) is 0 Å². The smallest absolute Gasteiger partial charge is 0.360 e. The SMILES string of the molecule is CCC1(C(=O)Oc2ccc(F)c(C#N)c2)N=NC(C(=O)OC)=C1N. The zero-order chi connectivity index (χ0) is 17.9. The van der Waals surface area contributed by atoms with Crippen LogP contribution in [-0.2, 0) is 14.3 Å². The molecule has 9 heteroatoms. The highest BCUT2D eigenvalue weighted by molar-refractivity contribution is 5.95. The third kappa shape index (κ3) is 2.69. The maximum Gasteiger partial charge on any atom is 0.360 e. The molecule has 1 aromatic carbocycles. The third-order valence-electron chi connectivity index (χ3n) is 3.52. The van der Waals surface area contributed by atoms with Gasteiger partial charge in [-0.1, -0.05) is 6.92 Å².